The summed E-state index contributed by atoms with van der Waals surface area (Å²) in [6.07, 6.45) is 1.72. The fourth-order valence-corrected chi connectivity index (χ4v) is 3.59. The summed E-state index contributed by atoms with van der Waals surface area (Å²) in [7, 11) is 0. The smallest absolute Gasteiger partial charge is 0.258 e. The van der Waals surface area contributed by atoms with Crippen molar-refractivity contribution in [3.63, 3.8) is 0 Å². The van der Waals surface area contributed by atoms with Crippen molar-refractivity contribution in [1.29, 1.82) is 0 Å². The highest BCUT2D eigenvalue weighted by Gasteiger charge is 2.13. The lowest BCUT2D eigenvalue weighted by Gasteiger charge is -2.07. The molecule has 3 rings (SSSR count). The molecule has 3 aromatic rings. The van der Waals surface area contributed by atoms with Crippen LogP contribution in [0.4, 0.5) is 0 Å². The lowest BCUT2D eigenvalue weighted by atomic mass is 10.2. The van der Waals surface area contributed by atoms with Crippen molar-refractivity contribution >= 4 is 54.9 Å². The first kappa shape index (κ1) is 15.3. The predicted molar refractivity (Wildman–Crippen MR) is 91.6 cm³/mol. The lowest BCUT2D eigenvalue weighted by Crippen LogP contribution is -2.08. The fraction of sp³-hybridized carbons (Fsp3) is 0.0667. The summed E-state index contributed by atoms with van der Waals surface area (Å²) in [5.74, 6) is 0.267. The van der Waals surface area contributed by atoms with Gasteiger partial charge in [-0.3, -0.25) is 4.79 Å². The molecule has 0 saturated heterocycles. The first-order valence-electron chi connectivity index (χ1n) is 6.29. The van der Waals surface area contributed by atoms with Gasteiger partial charge in [0.2, 0.25) is 0 Å². The number of hydrogen-bond acceptors (Lipinski definition) is 4. The molecular weight excluding hydrogens is 388 g/mol. The molecule has 112 valence electrons. The first-order chi connectivity index (χ1) is 10.5. The number of fused-ring (bicyclic) bond motifs is 1. The van der Waals surface area contributed by atoms with Gasteiger partial charge < -0.3 is 10.5 Å². The van der Waals surface area contributed by atoms with Gasteiger partial charge in [0.15, 0.2) is 0 Å². The lowest BCUT2D eigenvalue weighted by molar-refractivity contribution is 0.100. The minimum absolute atomic E-state index is 0.341. The zero-order valence-corrected chi connectivity index (χ0v) is 14.3. The number of halogens is 2. The number of carbonyl (C=O) groups is 1. The van der Waals surface area contributed by atoms with Gasteiger partial charge >= 0.3 is 0 Å². The molecule has 0 bridgehead atoms. The Balaban J connectivity index is 1.91. The van der Waals surface area contributed by atoms with Crippen LogP contribution in [0.25, 0.3) is 10.1 Å². The van der Waals surface area contributed by atoms with E-state index in [9.17, 15) is 4.79 Å². The fourth-order valence-electron chi connectivity index (χ4n) is 1.97. The maximum atomic E-state index is 11.4. The Morgan fingerprint density at radius 3 is 2.77 bits per heavy atom. The molecule has 22 heavy (non-hydrogen) atoms. The third-order valence-electron chi connectivity index (χ3n) is 3.05. The molecule has 1 aromatic carbocycles. The summed E-state index contributed by atoms with van der Waals surface area (Å²) < 4.78 is 7.31. The highest BCUT2D eigenvalue weighted by atomic mass is 79.9. The summed E-state index contributed by atoms with van der Waals surface area (Å²) in [6, 6.07) is 8.90. The molecule has 1 amide bonds. The first-order valence-corrected chi connectivity index (χ1v) is 8.28. The zero-order chi connectivity index (χ0) is 15.7. The predicted octanol–water partition coefficient (Wildman–Crippen LogP) is 4.39. The van der Waals surface area contributed by atoms with Crippen molar-refractivity contribution in [3.8, 4) is 5.75 Å². The Kier molecular flexibility index (Phi) is 4.33. The van der Waals surface area contributed by atoms with Gasteiger partial charge in [0.1, 0.15) is 17.0 Å². The van der Waals surface area contributed by atoms with Gasteiger partial charge in [-0.05, 0) is 46.3 Å². The third kappa shape index (κ3) is 3.09. The van der Waals surface area contributed by atoms with Gasteiger partial charge in [-0.2, -0.15) is 0 Å². The van der Waals surface area contributed by atoms with Crippen LogP contribution in [0.15, 0.2) is 41.1 Å². The van der Waals surface area contributed by atoms with E-state index in [0.29, 0.717) is 26.9 Å². The molecule has 7 heteroatoms. The van der Waals surface area contributed by atoms with E-state index in [4.69, 9.17) is 22.1 Å². The maximum Gasteiger partial charge on any atom is 0.258 e. The van der Waals surface area contributed by atoms with Gasteiger partial charge in [-0.1, -0.05) is 11.6 Å². The van der Waals surface area contributed by atoms with Gasteiger partial charge in [0.25, 0.3) is 5.91 Å². The molecule has 2 aromatic heterocycles. The number of ether oxygens (including phenoxy) is 1. The second-order valence-corrected chi connectivity index (χ2v) is 6.77. The van der Waals surface area contributed by atoms with E-state index in [2.05, 4.69) is 20.9 Å². The number of hydrogen-bond donors (Lipinski definition) is 1. The molecular formula is C15H10BrClN2O2S. The Labute approximate surface area is 144 Å². The number of aromatic nitrogens is 1. The van der Waals surface area contributed by atoms with Gasteiger partial charge in [0, 0.05) is 22.2 Å². The number of carbonyl (C=O) groups excluding carboxylic acids is 1. The largest absolute Gasteiger partial charge is 0.489 e. The highest BCUT2D eigenvalue weighted by molar-refractivity contribution is 9.10. The van der Waals surface area contributed by atoms with E-state index in [1.165, 1.54) is 11.3 Å². The van der Waals surface area contributed by atoms with Gasteiger partial charge in [-0.15, -0.1) is 11.3 Å². The maximum absolute atomic E-state index is 11.4. The number of thiophene rings is 1. The van der Waals surface area contributed by atoms with Crippen molar-refractivity contribution in [2.45, 2.75) is 6.61 Å². The zero-order valence-electron chi connectivity index (χ0n) is 11.2. The van der Waals surface area contributed by atoms with E-state index >= 15 is 0 Å². The molecule has 0 aliphatic rings. The summed E-state index contributed by atoms with van der Waals surface area (Å²) in [5.41, 5.74) is 6.23. The van der Waals surface area contributed by atoms with Crippen LogP contribution in [0.3, 0.4) is 0 Å². The van der Waals surface area contributed by atoms with E-state index in [0.717, 1.165) is 15.6 Å². The molecule has 4 nitrogen and oxygen atoms in total. The molecule has 0 radical (unpaired) electrons. The minimum atomic E-state index is -0.447. The van der Waals surface area contributed by atoms with Crippen LogP contribution in [0.1, 0.15) is 15.2 Å². The quantitative estimate of drug-likeness (QED) is 0.664. The van der Waals surface area contributed by atoms with Gasteiger partial charge in [0.05, 0.1) is 9.58 Å². The summed E-state index contributed by atoms with van der Waals surface area (Å²) in [5, 5.41) is 1.57. The average molecular weight is 398 g/mol. The molecule has 0 saturated carbocycles. The molecule has 0 aliphatic carbocycles. The standard InChI is InChI=1S/C15H10BrClN2O2S/c16-14-13-11(5-12(22-13)15(18)20)8(6-19-14)7-21-10-3-1-9(17)2-4-10/h1-6H,7H2,(H2,18,20). The topological polar surface area (TPSA) is 65.2 Å². The number of nitrogens with zero attached hydrogens (tertiary/aromatic N) is 1. The van der Waals surface area contributed by atoms with Crippen molar-refractivity contribution in [2.75, 3.05) is 0 Å². The minimum Gasteiger partial charge on any atom is -0.489 e. The molecule has 0 spiro atoms. The average Bonchev–Trinajstić information content (AvgIpc) is 2.95. The van der Waals surface area contributed by atoms with Crippen molar-refractivity contribution in [2.24, 2.45) is 5.73 Å². The normalized spacial score (nSPS) is 10.8. The van der Waals surface area contributed by atoms with Crippen LogP contribution in [0.5, 0.6) is 5.75 Å². The molecule has 0 aliphatic heterocycles. The molecule has 0 atom stereocenters. The summed E-state index contributed by atoms with van der Waals surface area (Å²) >= 11 is 10.5. The molecule has 0 fully saturated rings. The number of rotatable bonds is 4. The van der Waals surface area contributed by atoms with Crippen LogP contribution in [-0.2, 0) is 6.61 Å². The number of amides is 1. The van der Waals surface area contributed by atoms with Gasteiger partial charge in [-0.25, -0.2) is 4.98 Å². The van der Waals surface area contributed by atoms with Crippen LogP contribution >= 0.6 is 38.9 Å². The molecule has 2 N–H and O–H groups in total. The van der Waals surface area contributed by atoms with Crippen molar-refractivity contribution in [1.82, 2.24) is 4.98 Å². The monoisotopic (exact) mass is 396 g/mol. The second kappa shape index (κ2) is 6.24. The SMILES string of the molecule is NC(=O)c1cc2c(COc3ccc(Cl)cc3)cnc(Br)c2s1. The number of primary amides is 1. The highest BCUT2D eigenvalue weighted by Crippen LogP contribution is 2.33. The third-order valence-corrected chi connectivity index (χ3v) is 5.32. The number of benzene rings is 1. The number of pyridine rings is 1. The van der Waals surface area contributed by atoms with Crippen LogP contribution in [0.2, 0.25) is 5.02 Å². The van der Waals surface area contributed by atoms with E-state index < -0.39 is 5.91 Å². The summed E-state index contributed by atoms with van der Waals surface area (Å²) in [4.78, 5) is 16.1. The van der Waals surface area contributed by atoms with E-state index in [1.54, 1.807) is 36.5 Å². The second-order valence-electron chi connectivity index (χ2n) is 4.53. The van der Waals surface area contributed by atoms with Crippen molar-refractivity contribution < 1.29 is 9.53 Å². The summed E-state index contributed by atoms with van der Waals surface area (Å²) in [6.45, 7) is 0.341. The Morgan fingerprint density at radius 2 is 2.09 bits per heavy atom. The van der Waals surface area contributed by atoms with E-state index in [-0.39, 0.29) is 0 Å². The Hall–Kier alpha value is -1.63. The molecule has 0 unspecified atom stereocenters. The van der Waals surface area contributed by atoms with Crippen molar-refractivity contribution in [3.05, 3.63) is 56.6 Å². The van der Waals surface area contributed by atoms with Crippen LogP contribution < -0.4 is 10.5 Å². The van der Waals surface area contributed by atoms with Crippen LogP contribution in [0, 0.1) is 0 Å². The van der Waals surface area contributed by atoms with Crippen LogP contribution in [-0.4, -0.2) is 10.9 Å². The van der Waals surface area contributed by atoms with E-state index in [1.807, 2.05) is 0 Å². The Morgan fingerprint density at radius 1 is 1.36 bits per heavy atom. The molecule has 2 heterocycles. The Bertz CT molecular complexity index is 849. The number of nitrogens with two attached hydrogens (primary N) is 1.